The summed E-state index contributed by atoms with van der Waals surface area (Å²) in [6.07, 6.45) is 6.88. The highest BCUT2D eigenvalue weighted by molar-refractivity contribution is 4.91. The van der Waals surface area contributed by atoms with Crippen molar-refractivity contribution in [2.24, 2.45) is 0 Å². The van der Waals surface area contributed by atoms with Crippen molar-refractivity contribution in [1.29, 1.82) is 5.26 Å². The van der Waals surface area contributed by atoms with Gasteiger partial charge in [-0.1, -0.05) is 5.92 Å². The lowest BCUT2D eigenvalue weighted by Crippen LogP contribution is -2.16. The standard InChI is InChI=1S/C6H8N2/c1-3-5-8(4-2)6-7/h1H,4-5H2,2H3. The van der Waals surface area contributed by atoms with Crippen molar-refractivity contribution < 1.29 is 0 Å². The van der Waals surface area contributed by atoms with E-state index >= 15 is 0 Å². The molecule has 0 amide bonds. The van der Waals surface area contributed by atoms with Gasteiger partial charge in [0.2, 0.25) is 0 Å². The Hall–Kier alpha value is -1.15. The Morgan fingerprint density at radius 3 is 2.50 bits per heavy atom. The number of terminal acetylenes is 1. The van der Waals surface area contributed by atoms with Crippen LogP contribution in [0.5, 0.6) is 0 Å². The predicted octanol–water partition coefficient (Wildman–Crippen LogP) is 0.423. The highest BCUT2D eigenvalue weighted by atomic mass is 15.1. The Bertz CT molecular complexity index is 126. The minimum atomic E-state index is 0.424. The average Bonchev–Trinajstić information content (AvgIpc) is 1.83. The molecular formula is C6H8N2. The van der Waals surface area contributed by atoms with Crippen molar-refractivity contribution in [2.75, 3.05) is 13.1 Å². The first kappa shape index (κ1) is 6.85. The van der Waals surface area contributed by atoms with Gasteiger partial charge in [-0.05, 0) is 6.92 Å². The summed E-state index contributed by atoms with van der Waals surface area (Å²) in [4.78, 5) is 1.50. The second-order valence-corrected chi connectivity index (χ2v) is 1.32. The van der Waals surface area contributed by atoms with E-state index in [1.165, 1.54) is 4.90 Å². The van der Waals surface area contributed by atoms with Crippen molar-refractivity contribution in [3.63, 3.8) is 0 Å². The van der Waals surface area contributed by atoms with Gasteiger partial charge in [0.15, 0.2) is 6.19 Å². The molecule has 0 aromatic heterocycles. The van der Waals surface area contributed by atoms with E-state index < -0.39 is 0 Å². The molecule has 0 atom stereocenters. The van der Waals surface area contributed by atoms with E-state index in [-0.39, 0.29) is 0 Å². The molecule has 0 saturated heterocycles. The van der Waals surface area contributed by atoms with Gasteiger partial charge in [-0.2, -0.15) is 5.26 Å². The Balaban J connectivity index is 3.45. The van der Waals surface area contributed by atoms with Crippen molar-refractivity contribution in [2.45, 2.75) is 6.92 Å². The van der Waals surface area contributed by atoms with E-state index in [9.17, 15) is 0 Å². The van der Waals surface area contributed by atoms with Crippen LogP contribution in [0, 0.1) is 23.8 Å². The van der Waals surface area contributed by atoms with Crippen LogP contribution in [-0.4, -0.2) is 18.0 Å². The highest BCUT2D eigenvalue weighted by Gasteiger charge is 1.89. The smallest absolute Gasteiger partial charge is 0.180 e. The van der Waals surface area contributed by atoms with Crippen LogP contribution < -0.4 is 0 Å². The fourth-order valence-corrected chi connectivity index (χ4v) is 0.328. The topological polar surface area (TPSA) is 27.0 Å². The zero-order chi connectivity index (χ0) is 6.41. The van der Waals surface area contributed by atoms with Gasteiger partial charge in [-0.3, -0.25) is 4.90 Å². The molecule has 0 unspecified atom stereocenters. The van der Waals surface area contributed by atoms with E-state index in [4.69, 9.17) is 11.7 Å². The Morgan fingerprint density at radius 2 is 2.38 bits per heavy atom. The molecule has 0 radical (unpaired) electrons. The third kappa shape index (κ3) is 2.10. The molecule has 0 N–H and O–H groups in total. The van der Waals surface area contributed by atoms with E-state index in [1.807, 2.05) is 13.1 Å². The maximum Gasteiger partial charge on any atom is 0.180 e. The average molecular weight is 108 g/mol. The normalized spacial score (nSPS) is 6.88. The second-order valence-electron chi connectivity index (χ2n) is 1.32. The summed E-state index contributed by atoms with van der Waals surface area (Å²) in [7, 11) is 0. The first-order valence-electron chi connectivity index (χ1n) is 2.43. The van der Waals surface area contributed by atoms with Gasteiger partial charge >= 0.3 is 0 Å². The van der Waals surface area contributed by atoms with Gasteiger partial charge in [0.1, 0.15) is 0 Å². The summed E-state index contributed by atoms with van der Waals surface area (Å²) < 4.78 is 0. The van der Waals surface area contributed by atoms with Crippen molar-refractivity contribution in [3.8, 4) is 18.5 Å². The monoisotopic (exact) mass is 108 g/mol. The molecule has 0 aromatic carbocycles. The first-order valence-corrected chi connectivity index (χ1v) is 2.43. The predicted molar refractivity (Wildman–Crippen MR) is 31.7 cm³/mol. The van der Waals surface area contributed by atoms with Gasteiger partial charge in [0.25, 0.3) is 0 Å². The van der Waals surface area contributed by atoms with Gasteiger partial charge in [0.05, 0.1) is 6.54 Å². The molecular weight excluding hydrogens is 100 g/mol. The quantitative estimate of drug-likeness (QED) is 0.291. The van der Waals surface area contributed by atoms with Gasteiger partial charge in [0, 0.05) is 6.54 Å². The number of hydrogen-bond acceptors (Lipinski definition) is 2. The molecule has 0 fully saturated rings. The first-order chi connectivity index (χ1) is 3.85. The summed E-state index contributed by atoms with van der Waals surface area (Å²) in [5.74, 6) is 2.37. The number of nitrogens with zero attached hydrogens (tertiary/aromatic N) is 2. The molecule has 0 saturated carbocycles. The molecule has 0 spiro atoms. The van der Waals surface area contributed by atoms with E-state index in [0.29, 0.717) is 13.1 Å². The summed E-state index contributed by atoms with van der Waals surface area (Å²) in [5, 5.41) is 8.24. The molecule has 0 aliphatic carbocycles. The lowest BCUT2D eigenvalue weighted by molar-refractivity contribution is 0.465. The van der Waals surface area contributed by atoms with Crippen LogP contribution in [0.2, 0.25) is 0 Å². The number of nitriles is 1. The van der Waals surface area contributed by atoms with Crippen LogP contribution >= 0.6 is 0 Å². The summed E-state index contributed by atoms with van der Waals surface area (Å²) in [6, 6.07) is 0. The molecule has 0 bridgehead atoms. The summed E-state index contributed by atoms with van der Waals surface area (Å²) >= 11 is 0. The molecule has 42 valence electrons. The minimum Gasteiger partial charge on any atom is -0.299 e. The fourth-order valence-electron chi connectivity index (χ4n) is 0.328. The zero-order valence-electron chi connectivity index (χ0n) is 4.89. The van der Waals surface area contributed by atoms with Crippen LogP contribution in [0.1, 0.15) is 6.92 Å². The maximum absolute atomic E-state index is 8.24. The SMILES string of the molecule is C#CCN(C#N)CC. The second kappa shape index (κ2) is 4.02. The van der Waals surface area contributed by atoms with Crippen LogP contribution in [0.15, 0.2) is 0 Å². The molecule has 8 heavy (non-hydrogen) atoms. The molecule has 2 heteroatoms. The molecule has 2 nitrogen and oxygen atoms in total. The van der Waals surface area contributed by atoms with Gasteiger partial charge in [-0.15, -0.1) is 6.42 Å². The zero-order valence-corrected chi connectivity index (χ0v) is 4.89. The molecule has 0 aliphatic rings. The third-order valence-corrected chi connectivity index (χ3v) is 0.805. The number of hydrogen-bond donors (Lipinski definition) is 0. The largest absolute Gasteiger partial charge is 0.299 e. The van der Waals surface area contributed by atoms with Crippen molar-refractivity contribution in [1.82, 2.24) is 4.90 Å². The van der Waals surface area contributed by atoms with E-state index in [0.717, 1.165) is 0 Å². The molecule has 0 heterocycles. The lowest BCUT2D eigenvalue weighted by Gasteiger charge is -2.05. The van der Waals surface area contributed by atoms with Crippen LogP contribution in [0.25, 0.3) is 0 Å². The fraction of sp³-hybridized carbons (Fsp3) is 0.500. The van der Waals surface area contributed by atoms with E-state index in [1.54, 1.807) is 0 Å². The summed E-state index contributed by atoms with van der Waals surface area (Å²) in [5.41, 5.74) is 0. The van der Waals surface area contributed by atoms with Crippen LogP contribution in [-0.2, 0) is 0 Å². The third-order valence-electron chi connectivity index (χ3n) is 0.805. The van der Waals surface area contributed by atoms with E-state index in [2.05, 4.69) is 5.92 Å². The van der Waals surface area contributed by atoms with Crippen molar-refractivity contribution >= 4 is 0 Å². The van der Waals surface area contributed by atoms with Gasteiger partial charge < -0.3 is 0 Å². The van der Waals surface area contributed by atoms with Crippen molar-refractivity contribution in [3.05, 3.63) is 0 Å². The Labute approximate surface area is 49.7 Å². The lowest BCUT2D eigenvalue weighted by atomic mass is 10.5. The molecule has 0 aliphatic heterocycles. The van der Waals surface area contributed by atoms with Crippen LogP contribution in [0.3, 0.4) is 0 Å². The minimum absolute atomic E-state index is 0.424. The maximum atomic E-state index is 8.24. The molecule has 0 aromatic rings. The number of rotatable bonds is 2. The summed E-state index contributed by atoms with van der Waals surface area (Å²) in [6.45, 7) is 3.01. The Kier molecular flexibility index (Phi) is 3.44. The molecule has 0 rings (SSSR count). The van der Waals surface area contributed by atoms with Gasteiger partial charge in [-0.25, -0.2) is 0 Å². The van der Waals surface area contributed by atoms with Crippen LogP contribution in [0.4, 0.5) is 0 Å². The Morgan fingerprint density at radius 1 is 1.75 bits per heavy atom. The highest BCUT2D eigenvalue weighted by Crippen LogP contribution is 1.78.